The molecular weight excluding hydrogens is 503 g/mol. The topological polar surface area (TPSA) is 76.7 Å². The van der Waals surface area contributed by atoms with Crippen molar-refractivity contribution >= 4 is 38.0 Å². The van der Waals surface area contributed by atoms with Gasteiger partial charge in [-0.15, -0.1) is 11.3 Å². The number of hydrogen-bond donors (Lipinski definition) is 2. The lowest BCUT2D eigenvalue weighted by atomic mass is 10.0. The fraction of sp³-hybridized carbons (Fsp3) is 0.192. The standard InChI is InChI=1S/C26H22F3N5S2/c27-26(28,29)18-8-4-7-17(11-18)12-19(30)13-21-23(24-33-20-9-10-31-15-22(20)35-24)36-25(34-21)32-14-16-5-2-1-3-6-16/h1-11,15,19H,12-14,30H2,(H,32,34)/t19-/m0/s1. The van der Waals surface area contributed by atoms with Crippen LogP contribution in [0.2, 0.25) is 0 Å². The Balaban J connectivity index is 1.40. The number of aromatic nitrogens is 3. The molecule has 1 atom stereocenters. The molecule has 3 aromatic heterocycles. The second kappa shape index (κ2) is 10.3. The summed E-state index contributed by atoms with van der Waals surface area (Å²) in [7, 11) is 0. The van der Waals surface area contributed by atoms with Crippen molar-refractivity contribution in [3.05, 3.63) is 95.4 Å². The summed E-state index contributed by atoms with van der Waals surface area (Å²) in [6, 6.07) is 16.8. The van der Waals surface area contributed by atoms with Crippen LogP contribution >= 0.6 is 22.7 Å². The quantitative estimate of drug-likeness (QED) is 0.240. The SMILES string of the molecule is N[C@@H](Cc1cccc(C(F)(F)F)c1)Cc1nc(NCc2ccccc2)sc1-c1nc2ccncc2s1. The molecule has 0 aliphatic carbocycles. The Bertz CT molecular complexity index is 1430. The third-order valence-corrected chi connectivity index (χ3v) is 7.79. The average molecular weight is 526 g/mol. The van der Waals surface area contributed by atoms with Crippen molar-refractivity contribution in [2.24, 2.45) is 5.73 Å². The number of fused-ring (bicyclic) bond motifs is 1. The average Bonchev–Trinajstić information content (AvgIpc) is 3.47. The highest BCUT2D eigenvalue weighted by Gasteiger charge is 2.30. The van der Waals surface area contributed by atoms with E-state index in [-0.39, 0.29) is 0 Å². The molecule has 3 N–H and O–H groups in total. The van der Waals surface area contributed by atoms with Crippen molar-refractivity contribution in [2.45, 2.75) is 31.6 Å². The molecule has 5 rings (SSSR count). The van der Waals surface area contributed by atoms with E-state index in [0.29, 0.717) is 24.9 Å². The number of anilines is 1. The Morgan fingerprint density at radius 2 is 1.72 bits per heavy atom. The monoisotopic (exact) mass is 525 g/mol. The first kappa shape index (κ1) is 24.4. The highest BCUT2D eigenvalue weighted by Crippen LogP contribution is 2.38. The molecule has 3 heterocycles. The van der Waals surface area contributed by atoms with Gasteiger partial charge < -0.3 is 11.1 Å². The normalized spacial score (nSPS) is 12.7. The summed E-state index contributed by atoms with van der Waals surface area (Å²) in [5.41, 5.74) is 9.07. The lowest BCUT2D eigenvalue weighted by Crippen LogP contribution is -2.26. The maximum absolute atomic E-state index is 13.1. The largest absolute Gasteiger partial charge is 0.416 e. The van der Waals surface area contributed by atoms with Crippen molar-refractivity contribution < 1.29 is 13.2 Å². The molecule has 5 aromatic rings. The van der Waals surface area contributed by atoms with Crippen LogP contribution in [0.5, 0.6) is 0 Å². The van der Waals surface area contributed by atoms with Crippen LogP contribution in [-0.2, 0) is 25.6 Å². The minimum Gasteiger partial charge on any atom is -0.357 e. The molecule has 36 heavy (non-hydrogen) atoms. The van der Waals surface area contributed by atoms with Gasteiger partial charge in [0.1, 0.15) is 5.01 Å². The van der Waals surface area contributed by atoms with E-state index in [0.717, 1.165) is 48.6 Å². The summed E-state index contributed by atoms with van der Waals surface area (Å²) >= 11 is 3.03. The van der Waals surface area contributed by atoms with E-state index in [2.05, 4.69) is 10.3 Å². The molecule has 0 saturated carbocycles. The molecule has 2 aromatic carbocycles. The highest BCUT2D eigenvalue weighted by molar-refractivity contribution is 7.26. The first-order valence-corrected chi connectivity index (χ1v) is 12.9. The predicted octanol–water partition coefficient (Wildman–Crippen LogP) is 6.56. The lowest BCUT2D eigenvalue weighted by Gasteiger charge is -2.13. The highest BCUT2D eigenvalue weighted by atomic mass is 32.1. The number of thiazole rings is 2. The van der Waals surface area contributed by atoms with Crippen molar-refractivity contribution in [1.82, 2.24) is 15.0 Å². The van der Waals surface area contributed by atoms with Gasteiger partial charge in [-0.3, -0.25) is 4.98 Å². The number of nitrogens with one attached hydrogen (secondary N) is 1. The molecular formula is C26H22F3N5S2. The third kappa shape index (κ3) is 5.72. The minimum absolute atomic E-state index is 0.303. The number of halogens is 3. The number of pyridine rings is 1. The second-order valence-electron chi connectivity index (χ2n) is 8.36. The molecule has 5 nitrogen and oxygen atoms in total. The van der Waals surface area contributed by atoms with Crippen molar-refractivity contribution in [1.29, 1.82) is 0 Å². The molecule has 0 fully saturated rings. The molecule has 0 bridgehead atoms. The van der Waals surface area contributed by atoms with Crippen molar-refractivity contribution in [3.63, 3.8) is 0 Å². The van der Waals surface area contributed by atoms with Gasteiger partial charge in [0.2, 0.25) is 0 Å². The van der Waals surface area contributed by atoms with Crippen LogP contribution in [0.1, 0.15) is 22.4 Å². The fourth-order valence-electron chi connectivity index (χ4n) is 3.88. The maximum Gasteiger partial charge on any atom is 0.416 e. The zero-order valence-corrected chi connectivity index (χ0v) is 20.6. The predicted molar refractivity (Wildman–Crippen MR) is 139 cm³/mol. The third-order valence-electron chi connectivity index (χ3n) is 5.58. The van der Waals surface area contributed by atoms with Crippen LogP contribution in [0.25, 0.3) is 20.1 Å². The van der Waals surface area contributed by atoms with E-state index in [1.807, 2.05) is 36.4 Å². The number of hydrogen-bond acceptors (Lipinski definition) is 7. The zero-order chi connectivity index (χ0) is 25.1. The molecule has 0 radical (unpaired) electrons. The van der Waals surface area contributed by atoms with E-state index in [4.69, 9.17) is 15.7 Å². The summed E-state index contributed by atoms with van der Waals surface area (Å²) < 4.78 is 40.3. The van der Waals surface area contributed by atoms with Crippen molar-refractivity contribution in [3.8, 4) is 9.88 Å². The molecule has 0 aliphatic rings. The lowest BCUT2D eigenvalue weighted by molar-refractivity contribution is -0.137. The molecule has 184 valence electrons. The van der Waals surface area contributed by atoms with E-state index < -0.39 is 17.8 Å². The van der Waals surface area contributed by atoms with E-state index in [1.54, 1.807) is 18.5 Å². The van der Waals surface area contributed by atoms with Crippen molar-refractivity contribution in [2.75, 3.05) is 5.32 Å². The first-order valence-electron chi connectivity index (χ1n) is 11.3. The summed E-state index contributed by atoms with van der Waals surface area (Å²) in [4.78, 5) is 14.7. The van der Waals surface area contributed by atoms with Gasteiger partial charge in [-0.1, -0.05) is 59.9 Å². The van der Waals surface area contributed by atoms with Gasteiger partial charge in [-0.25, -0.2) is 9.97 Å². The van der Waals surface area contributed by atoms with Crippen LogP contribution in [-0.4, -0.2) is 21.0 Å². The van der Waals surface area contributed by atoms with E-state index in [1.165, 1.54) is 28.7 Å². The summed E-state index contributed by atoms with van der Waals surface area (Å²) in [5.74, 6) is 0. The van der Waals surface area contributed by atoms with Gasteiger partial charge in [0.25, 0.3) is 0 Å². The number of rotatable bonds is 8. The van der Waals surface area contributed by atoms with E-state index in [9.17, 15) is 13.2 Å². The van der Waals surface area contributed by atoms with Crippen LogP contribution in [0.4, 0.5) is 18.3 Å². The number of nitrogens with zero attached hydrogens (tertiary/aromatic N) is 3. The molecule has 10 heteroatoms. The molecule has 0 aliphatic heterocycles. The Labute approximate surface area is 213 Å². The van der Waals surface area contributed by atoms with Gasteiger partial charge in [-0.05, 0) is 29.7 Å². The fourth-order valence-corrected chi connectivity index (χ4v) is 5.90. The van der Waals surface area contributed by atoms with Crippen LogP contribution in [0.15, 0.2) is 73.1 Å². The molecule has 0 spiro atoms. The Hall–Kier alpha value is -3.34. The Morgan fingerprint density at radius 3 is 2.50 bits per heavy atom. The first-order chi connectivity index (χ1) is 17.3. The number of nitrogens with two attached hydrogens (primary N) is 1. The van der Waals surface area contributed by atoms with Gasteiger partial charge in [0, 0.05) is 31.4 Å². The molecule has 0 unspecified atom stereocenters. The zero-order valence-electron chi connectivity index (χ0n) is 19.0. The maximum atomic E-state index is 13.1. The molecule has 0 amide bonds. The number of alkyl halides is 3. The van der Waals surface area contributed by atoms with Gasteiger partial charge in [-0.2, -0.15) is 13.2 Å². The summed E-state index contributed by atoms with van der Waals surface area (Å²) in [5, 5.41) is 4.95. The number of benzene rings is 2. The smallest absolute Gasteiger partial charge is 0.357 e. The van der Waals surface area contributed by atoms with Gasteiger partial charge in [0.15, 0.2) is 5.13 Å². The van der Waals surface area contributed by atoms with Crippen LogP contribution in [0, 0.1) is 0 Å². The summed E-state index contributed by atoms with van der Waals surface area (Å²) in [6.45, 7) is 0.618. The van der Waals surface area contributed by atoms with Gasteiger partial charge >= 0.3 is 6.18 Å². The molecule has 0 saturated heterocycles. The van der Waals surface area contributed by atoms with Gasteiger partial charge in [0.05, 0.1) is 26.4 Å². The Morgan fingerprint density at radius 1 is 0.917 bits per heavy atom. The van der Waals surface area contributed by atoms with E-state index >= 15 is 0 Å². The van der Waals surface area contributed by atoms with Crippen LogP contribution < -0.4 is 11.1 Å². The summed E-state index contributed by atoms with van der Waals surface area (Å²) in [6.07, 6.45) is -0.188. The second-order valence-corrected chi connectivity index (χ2v) is 10.4. The Kier molecular flexibility index (Phi) is 6.99. The van der Waals surface area contributed by atoms with Crippen LogP contribution in [0.3, 0.4) is 0 Å². The minimum atomic E-state index is -4.39.